The van der Waals surface area contributed by atoms with Crippen molar-refractivity contribution in [3.8, 4) is 0 Å². The maximum atomic E-state index is 5.79. The molecule has 3 nitrogen and oxygen atoms in total. The lowest BCUT2D eigenvalue weighted by atomic mass is 10.0. The van der Waals surface area contributed by atoms with E-state index in [2.05, 4.69) is 43.4 Å². The topological polar surface area (TPSA) is 30.5 Å². The van der Waals surface area contributed by atoms with Crippen molar-refractivity contribution >= 4 is 0 Å². The minimum atomic E-state index is -0.419. The molecule has 2 unspecified atom stereocenters. The van der Waals surface area contributed by atoms with Gasteiger partial charge in [-0.15, -0.1) is 0 Å². The molecule has 0 spiro atoms. The number of hydrogen-bond donors (Lipinski definition) is 1. The number of aryl methyl sites for hydroxylation is 2. The molecule has 3 heteroatoms. The van der Waals surface area contributed by atoms with Crippen LogP contribution >= 0.6 is 0 Å². The maximum absolute atomic E-state index is 5.79. The molecular weight excluding hydrogens is 250 g/mol. The average Bonchev–Trinajstić information content (AvgIpc) is 2.74. The summed E-state index contributed by atoms with van der Waals surface area (Å²) in [6.45, 7) is 9.85. The van der Waals surface area contributed by atoms with Crippen LogP contribution in [0.5, 0.6) is 0 Å². The lowest BCUT2D eigenvalue weighted by Gasteiger charge is -2.19. The second kappa shape index (κ2) is 6.70. The smallest absolute Gasteiger partial charge is 0.163 e. The first-order valence-electron chi connectivity index (χ1n) is 7.55. The van der Waals surface area contributed by atoms with Gasteiger partial charge >= 0.3 is 0 Å². The van der Waals surface area contributed by atoms with Gasteiger partial charge in [-0.05, 0) is 46.1 Å². The Labute approximate surface area is 122 Å². The van der Waals surface area contributed by atoms with Gasteiger partial charge in [-0.2, -0.15) is 0 Å². The Bertz CT molecular complexity index is 431. The Kier molecular flexibility index (Phi) is 5.19. The first-order valence-corrected chi connectivity index (χ1v) is 7.55. The van der Waals surface area contributed by atoms with Crippen molar-refractivity contribution in [1.29, 1.82) is 0 Å². The van der Waals surface area contributed by atoms with E-state index in [1.165, 1.54) is 11.1 Å². The molecule has 0 amide bonds. The molecule has 0 saturated carbocycles. The van der Waals surface area contributed by atoms with E-state index < -0.39 is 5.79 Å². The zero-order valence-corrected chi connectivity index (χ0v) is 13.1. The minimum absolute atomic E-state index is 0.173. The van der Waals surface area contributed by atoms with Gasteiger partial charge in [0.2, 0.25) is 0 Å². The monoisotopic (exact) mass is 277 g/mol. The van der Waals surface area contributed by atoms with Gasteiger partial charge in [0, 0.05) is 12.6 Å². The van der Waals surface area contributed by atoms with Crippen molar-refractivity contribution < 1.29 is 9.47 Å². The Balaban J connectivity index is 1.67. The van der Waals surface area contributed by atoms with Crippen molar-refractivity contribution in [2.45, 2.75) is 58.5 Å². The molecule has 112 valence electrons. The van der Waals surface area contributed by atoms with E-state index in [0.29, 0.717) is 12.6 Å². The van der Waals surface area contributed by atoms with Gasteiger partial charge < -0.3 is 14.8 Å². The second-order valence-corrected chi connectivity index (χ2v) is 6.29. The van der Waals surface area contributed by atoms with Crippen LogP contribution in [0.25, 0.3) is 0 Å². The second-order valence-electron chi connectivity index (χ2n) is 6.29. The summed E-state index contributed by atoms with van der Waals surface area (Å²) in [5, 5.41) is 3.54. The predicted molar refractivity (Wildman–Crippen MR) is 81.9 cm³/mol. The Morgan fingerprint density at radius 2 is 2.20 bits per heavy atom. The summed E-state index contributed by atoms with van der Waals surface area (Å²) in [5.41, 5.74) is 2.75. The highest BCUT2D eigenvalue weighted by Crippen LogP contribution is 2.21. The van der Waals surface area contributed by atoms with E-state index in [-0.39, 0.29) is 6.10 Å². The molecule has 1 aliphatic heterocycles. The van der Waals surface area contributed by atoms with Crippen molar-refractivity contribution in [1.82, 2.24) is 5.32 Å². The number of hydrogen-bond acceptors (Lipinski definition) is 3. The lowest BCUT2D eigenvalue weighted by molar-refractivity contribution is -0.137. The Hall–Kier alpha value is -0.900. The fourth-order valence-corrected chi connectivity index (χ4v) is 2.55. The number of benzene rings is 1. The third-order valence-electron chi connectivity index (χ3n) is 3.71. The van der Waals surface area contributed by atoms with Gasteiger partial charge in [-0.1, -0.05) is 29.8 Å². The first-order chi connectivity index (χ1) is 9.44. The Morgan fingerprint density at radius 3 is 2.85 bits per heavy atom. The van der Waals surface area contributed by atoms with Crippen LogP contribution in [0, 0.1) is 6.92 Å². The maximum Gasteiger partial charge on any atom is 0.163 e. The Morgan fingerprint density at radius 1 is 1.40 bits per heavy atom. The molecule has 1 saturated heterocycles. The molecule has 0 bridgehead atoms. The SMILES string of the molecule is Cc1cccc(CCC(C)NCC2COC(C)(C)O2)c1. The van der Waals surface area contributed by atoms with Crippen LogP contribution < -0.4 is 5.32 Å². The van der Waals surface area contributed by atoms with E-state index in [4.69, 9.17) is 9.47 Å². The standard InChI is InChI=1S/C17H27NO2/c1-13-6-5-7-15(10-13)9-8-14(2)18-11-16-12-19-17(3,4)20-16/h5-7,10,14,16,18H,8-9,11-12H2,1-4H3. The highest BCUT2D eigenvalue weighted by Gasteiger charge is 2.32. The zero-order chi connectivity index (χ0) is 14.6. The van der Waals surface area contributed by atoms with Crippen molar-refractivity contribution in [3.63, 3.8) is 0 Å². The fraction of sp³-hybridized carbons (Fsp3) is 0.647. The summed E-state index contributed by atoms with van der Waals surface area (Å²) in [4.78, 5) is 0. The molecule has 1 N–H and O–H groups in total. The van der Waals surface area contributed by atoms with E-state index >= 15 is 0 Å². The number of ether oxygens (including phenoxy) is 2. The van der Waals surface area contributed by atoms with Crippen molar-refractivity contribution in [2.75, 3.05) is 13.2 Å². The van der Waals surface area contributed by atoms with Crippen LogP contribution in [0.2, 0.25) is 0 Å². The van der Waals surface area contributed by atoms with Gasteiger partial charge in [0.1, 0.15) is 0 Å². The molecule has 0 aliphatic carbocycles. The van der Waals surface area contributed by atoms with E-state index in [0.717, 1.165) is 19.4 Å². The van der Waals surface area contributed by atoms with Crippen LogP contribution in [0.4, 0.5) is 0 Å². The number of rotatable bonds is 6. The van der Waals surface area contributed by atoms with Gasteiger partial charge in [0.15, 0.2) is 5.79 Å². The summed E-state index contributed by atoms with van der Waals surface area (Å²) in [6, 6.07) is 9.24. The van der Waals surface area contributed by atoms with Gasteiger partial charge in [-0.25, -0.2) is 0 Å². The van der Waals surface area contributed by atoms with Crippen LogP contribution in [0.15, 0.2) is 24.3 Å². The van der Waals surface area contributed by atoms with E-state index in [9.17, 15) is 0 Å². The summed E-state index contributed by atoms with van der Waals surface area (Å²) in [5.74, 6) is -0.419. The fourth-order valence-electron chi connectivity index (χ4n) is 2.55. The normalized spacial score (nSPS) is 22.9. The van der Waals surface area contributed by atoms with Crippen LogP contribution in [0.3, 0.4) is 0 Å². The third-order valence-corrected chi connectivity index (χ3v) is 3.71. The lowest BCUT2D eigenvalue weighted by Crippen LogP contribution is -2.36. The largest absolute Gasteiger partial charge is 0.348 e. The minimum Gasteiger partial charge on any atom is -0.348 e. The molecule has 1 aliphatic rings. The molecule has 1 aromatic carbocycles. The summed E-state index contributed by atoms with van der Waals surface area (Å²) in [7, 11) is 0. The molecule has 1 heterocycles. The van der Waals surface area contributed by atoms with Crippen LogP contribution in [-0.4, -0.2) is 31.1 Å². The van der Waals surface area contributed by atoms with Gasteiger partial charge in [0.25, 0.3) is 0 Å². The van der Waals surface area contributed by atoms with E-state index in [1.807, 2.05) is 13.8 Å². The van der Waals surface area contributed by atoms with Crippen LogP contribution in [-0.2, 0) is 15.9 Å². The van der Waals surface area contributed by atoms with Gasteiger partial charge in [0.05, 0.1) is 12.7 Å². The molecule has 0 radical (unpaired) electrons. The quantitative estimate of drug-likeness (QED) is 0.867. The summed E-state index contributed by atoms with van der Waals surface area (Å²) >= 11 is 0. The van der Waals surface area contributed by atoms with E-state index in [1.54, 1.807) is 0 Å². The summed E-state index contributed by atoms with van der Waals surface area (Å²) in [6.07, 6.45) is 2.43. The third kappa shape index (κ3) is 4.89. The number of nitrogens with one attached hydrogen (secondary N) is 1. The molecule has 2 atom stereocenters. The van der Waals surface area contributed by atoms with Crippen molar-refractivity contribution in [3.05, 3.63) is 35.4 Å². The molecule has 20 heavy (non-hydrogen) atoms. The molecule has 0 aromatic heterocycles. The van der Waals surface area contributed by atoms with Crippen molar-refractivity contribution in [2.24, 2.45) is 0 Å². The molecule has 1 aromatic rings. The summed E-state index contributed by atoms with van der Waals surface area (Å²) < 4.78 is 11.4. The van der Waals surface area contributed by atoms with Crippen LogP contribution in [0.1, 0.15) is 38.3 Å². The molecular formula is C17H27NO2. The van der Waals surface area contributed by atoms with Gasteiger partial charge in [-0.3, -0.25) is 0 Å². The molecule has 2 rings (SSSR count). The predicted octanol–water partition coefficient (Wildman–Crippen LogP) is 3.06. The average molecular weight is 277 g/mol. The first kappa shape index (κ1) is 15.5. The highest BCUT2D eigenvalue weighted by molar-refractivity contribution is 5.22. The zero-order valence-electron chi connectivity index (χ0n) is 13.1. The highest BCUT2D eigenvalue weighted by atomic mass is 16.7. The molecule has 1 fully saturated rings.